The summed E-state index contributed by atoms with van der Waals surface area (Å²) in [6.45, 7) is 8.70. The van der Waals surface area contributed by atoms with Crippen molar-refractivity contribution in [2.75, 3.05) is 0 Å². The standard InChI is InChI=1S/C74H70N4O8/c1-5-9-13-17-21-41(22-18-14-10-6-2)75-67(79)51-33-25-43-47-29-37-55-65-56(38-30-48(61(47)65)44-26-34-52(68(75)80)63(51)59(43)44)72(84)77(71(55)83)78-73(85)57-39-31-49-45-27-35-53-64-54(36-28-46(60(45)64)50-32-40-58(74(78)86)66(57)62(49)50)70(82)76(69(53)81)42(23-19-15-11-7-3)24-20-16-12-8-4/h25-42H,5-24H2,1-4H3. The van der Waals surface area contributed by atoms with Gasteiger partial charge in [-0.3, -0.25) is 48.2 Å². The predicted molar refractivity (Wildman–Crippen MR) is 340 cm³/mol. The molecule has 0 aromatic heterocycles. The SMILES string of the molecule is CCCCCCC(CCCCCC)N1C(=O)c2ccc3c4ccc5c6c(ccc(c7ccc(c2c37)C1=O)c64)C(=O)N(N1C(=O)c2ccc3c4ccc6c7c(ccc(c8ccc(c2c38)C1=O)c74)C(=O)N(C(CCCCCC)CCCCCC)C6=O)C5=O. The van der Waals surface area contributed by atoms with Gasteiger partial charge in [0.15, 0.2) is 0 Å². The number of carbonyl (C=O) groups is 8. The minimum Gasteiger partial charge on any atom is -0.271 e. The molecule has 10 aromatic rings. The van der Waals surface area contributed by atoms with Crippen LogP contribution in [-0.4, -0.2) is 79.2 Å². The lowest BCUT2D eigenvalue weighted by Gasteiger charge is -2.37. The Balaban J connectivity index is 0.812. The van der Waals surface area contributed by atoms with Crippen molar-refractivity contribution in [3.05, 3.63) is 142 Å². The molecule has 0 saturated carbocycles. The molecule has 0 fully saturated rings. The number of hydrazine groups is 1. The van der Waals surface area contributed by atoms with E-state index in [-0.39, 0.29) is 58.0 Å². The van der Waals surface area contributed by atoms with Crippen LogP contribution in [0.2, 0.25) is 0 Å². The van der Waals surface area contributed by atoms with Crippen LogP contribution in [0.5, 0.6) is 0 Å². The zero-order valence-electron chi connectivity index (χ0n) is 49.6. The number of benzene rings is 10. The van der Waals surface area contributed by atoms with Crippen LogP contribution in [0.25, 0.3) is 86.2 Å². The molecule has 0 N–H and O–H groups in total. The van der Waals surface area contributed by atoms with Crippen molar-refractivity contribution in [1.29, 1.82) is 0 Å². The van der Waals surface area contributed by atoms with E-state index in [9.17, 15) is 19.2 Å². The molecule has 12 heteroatoms. The highest BCUT2D eigenvalue weighted by atomic mass is 16.2. The Morgan fingerprint density at radius 3 is 0.605 bits per heavy atom. The van der Waals surface area contributed by atoms with Crippen molar-refractivity contribution >= 4 is 133 Å². The summed E-state index contributed by atoms with van der Waals surface area (Å²) >= 11 is 0. The molecule has 0 spiro atoms. The van der Waals surface area contributed by atoms with Gasteiger partial charge in [0.25, 0.3) is 47.3 Å². The maximum absolute atomic E-state index is 15.2. The maximum atomic E-state index is 15.2. The van der Waals surface area contributed by atoms with E-state index in [1.54, 1.807) is 24.3 Å². The third-order valence-corrected chi connectivity index (χ3v) is 19.8. The fraction of sp³-hybridized carbons (Fsp3) is 0.351. The van der Waals surface area contributed by atoms with Crippen molar-refractivity contribution in [1.82, 2.24) is 19.8 Å². The molecule has 4 heterocycles. The van der Waals surface area contributed by atoms with E-state index in [2.05, 4.69) is 27.7 Å². The molecule has 0 atom stereocenters. The first-order valence-corrected chi connectivity index (χ1v) is 31.9. The number of carbonyl (C=O) groups excluding carboxylic acids is 8. The van der Waals surface area contributed by atoms with Gasteiger partial charge in [-0.15, -0.1) is 0 Å². The van der Waals surface area contributed by atoms with Gasteiger partial charge in [0.05, 0.1) is 22.3 Å². The molecule has 8 amide bonds. The van der Waals surface area contributed by atoms with Gasteiger partial charge >= 0.3 is 0 Å². The summed E-state index contributed by atoms with van der Waals surface area (Å²) in [5.41, 5.74) is 2.50. The van der Waals surface area contributed by atoms with E-state index in [1.165, 1.54) is 9.80 Å². The van der Waals surface area contributed by atoms with Crippen LogP contribution in [0.1, 0.15) is 239 Å². The second kappa shape index (κ2) is 21.7. The minimum absolute atomic E-state index is 0.141. The van der Waals surface area contributed by atoms with Crippen LogP contribution >= 0.6 is 0 Å². The Labute approximate surface area is 499 Å². The Hall–Kier alpha value is -8.64. The van der Waals surface area contributed by atoms with Crippen molar-refractivity contribution in [3.8, 4) is 0 Å². The fourth-order valence-electron chi connectivity index (χ4n) is 15.6. The predicted octanol–water partition coefficient (Wildman–Crippen LogP) is 17.4. The molecule has 0 bridgehead atoms. The van der Waals surface area contributed by atoms with Crippen LogP contribution in [0.3, 0.4) is 0 Å². The Kier molecular flexibility index (Phi) is 13.9. The molecular formula is C74H70N4O8. The zero-order chi connectivity index (χ0) is 59.4. The lowest BCUT2D eigenvalue weighted by molar-refractivity contribution is 0.00213. The molecule has 4 aliphatic rings. The Morgan fingerprint density at radius 2 is 0.419 bits per heavy atom. The monoisotopic (exact) mass is 1140 g/mol. The molecule has 10 aromatic carbocycles. The quantitative estimate of drug-likeness (QED) is 0.0266. The summed E-state index contributed by atoms with van der Waals surface area (Å²) in [5, 5.41) is 12.2. The first-order chi connectivity index (χ1) is 41.9. The molecule has 0 radical (unpaired) electrons. The highest BCUT2D eigenvalue weighted by molar-refractivity contribution is 6.44. The topological polar surface area (TPSA) is 150 Å². The van der Waals surface area contributed by atoms with Crippen LogP contribution < -0.4 is 0 Å². The summed E-state index contributed by atoms with van der Waals surface area (Å²) < 4.78 is 0. The number of imide groups is 4. The number of hydrogen-bond acceptors (Lipinski definition) is 8. The Bertz CT molecular complexity index is 4040. The summed E-state index contributed by atoms with van der Waals surface area (Å²) in [4.78, 5) is 123. The van der Waals surface area contributed by atoms with Crippen LogP contribution in [0.15, 0.2) is 97.1 Å². The molecular weight excluding hydrogens is 1070 g/mol. The number of amides is 8. The number of unbranched alkanes of at least 4 members (excludes halogenated alkanes) is 12. The second-order valence-electron chi connectivity index (χ2n) is 24.8. The van der Waals surface area contributed by atoms with Crippen molar-refractivity contribution in [2.24, 2.45) is 0 Å². The lowest BCUT2D eigenvalue weighted by atomic mass is 9.81. The van der Waals surface area contributed by atoms with E-state index in [4.69, 9.17) is 0 Å². The van der Waals surface area contributed by atoms with Gasteiger partial charge in [0.1, 0.15) is 0 Å². The van der Waals surface area contributed by atoms with E-state index >= 15 is 19.2 Å². The van der Waals surface area contributed by atoms with E-state index < -0.39 is 23.6 Å². The first kappa shape index (κ1) is 55.2. The average molecular weight is 1140 g/mol. The fourth-order valence-corrected chi connectivity index (χ4v) is 15.6. The number of rotatable bonds is 23. The third kappa shape index (κ3) is 8.06. The van der Waals surface area contributed by atoms with Gasteiger partial charge in [-0.05, 0) is 139 Å². The summed E-state index contributed by atoms with van der Waals surface area (Å²) in [7, 11) is 0. The Morgan fingerprint density at radius 1 is 0.233 bits per heavy atom. The smallest absolute Gasteiger partial charge is 0.271 e. The summed E-state index contributed by atoms with van der Waals surface area (Å²) in [5.74, 6) is -4.43. The summed E-state index contributed by atoms with van der Waals surface area (Å²) in [6, 6.07) is 28.4. The molecule has 4 aliphatic heterocycles. The average Bonchev–Trinajstić information content (AvgIpc) is 0.706. The molecule has 434 valence electrons. The van der Waals surface area contributed by atoms with Gasteiger partial charge in [0.2, 0.25) is 0 Å². The minimum atomic E-state index is -0.830. The van der Waals surface area contributed by atoms with Gasteiger partial charge in [-0.1, -0.05) is 179 Å². The van der Waals surface area contributed by atoms with Crippen molar-refractivity contribution < 1.29 is 38.4 Å². The lowest BCUT2D eigenvalue weighted by Crippen LogP contribution is -2.58. The van der Waals surface area contributed by atoms with Crippen LogP contribution in [-0.2, 0) is 0 Å². The van der Waals surface area contributed by atoms with Crippen LogP contribution in [0, 0.1) is 0 Å². The van der Waals surface area contributed by atoms with Crippen molar-refractivity contribution in [2.45, 2.75) is 168 Å². The van der Waals surface area contributed by atoms with Gasteiger partial charge in [-0.25, -0.2) is 0 Å². The van der Waals surface area contributed by atoms with Gasteiger partial charge in [0, 0.05) is 55.9 Å². The highest BCUT2D eigenvalue weighted by Gasteiger charge is 2.47. The largest absolute Gasteiger partial charge is 0.281 e. The molecule has 0 aliphatic carbocycles. The molecule has 0 saturated heterocycles. The van der Waals surface area contributed by atoms with E-state index in [0.29, 0.717) is 64.6 Å². The van der Waals surface area contributed by atoms with Crippen molar-refractivity contribution in [3.63, 3.8) is 0 Å². The zero-order valence-corrected chi connectivity index (χ0v) is 49.6. The van der Waals surface area contributed by atoms with Gasteiger partial charge in [-0.2, -0.15) is 10.0 Å². The highest BCUT2D eigenvalue weighted by Crippen LogP contribution is 2.50. The number of nitrogens with zero attached hydrogens (tertiary/aromatic N) is 4. The first-order valence-electron chi connectivity index (χ1n) is 31.9. The van der Waals surface area contributed by atoms with Gasteiger partial charge < -0.3 is 0 Å². The van der Waals surface area contributed by atoms with E-state index in [0.717, 1.165) is 182 Å². The third-order valence-electron chi connectivity index (χ3n) is 19.8. The molecule has 86 heavy (non-hydrogen) atoms. The molecule has 12 nitrogen and oxygen atoms in total. The molecule has 14 rings (SSSR count). The number of fused-ring (bicyclic) bond motifs is 4. The maximum Gasteiger partial charge on any atom is 0.281 e. The summed E-state index contributed by atoms with van der Waals surface area (Å²) in [6.07, 6.45) is 19.8. The van der Waals surface area contributed by atoms with E-state index in [1.807, 2.05) is 72.8 Å². The molecule has 0 unspecified atom stereocenters. The van der Waals surface area contributed by atoms with Crippen LogP contribution in [0.4, 0.5) is 0 Å². The number of hydrogen-bond donors (Lipinski definition) is 0. The normalized spacial score (nSPS) is 15.3. The second-order valence-corrected chi connectivity index (χ2v) is 24.8.